The molecule has 0 saturated heterocycles. The minimum absolute atomic E-state index is 0.359. The Kier molecular flexibility index (Phi) is 2.61. The van der Waals surface area contributed by atoms with Gasteiger partial charge in [0.25, 0.3) is 15.3 Å². The van der Waals surface area contributed by atoms with Crippen molar-refractivity contribution in [1.29, 1.82) is 5.26 Å². The molecule has 7 heteroatoms. The molecular formula is C9H5FN2O2S2. The van der Waals surface area contributed by atoms with Crippen molar-refractivity contribution >= 4 is 31.4 Å². The number of fused-ring (bicyclic) bond motifs is 1. The summed E-state index contributed by atoms with van der Waals surface area (Å²) in [6.07, 6.45) is 0. The summed E-state index contributed by atoms with van der Waals surface area (Å²) in [6, 6.07) is 7.81. The zero-order chi connectivity index (χ0) is 11.8. The van der Waals surface area contributed by atoms with Crippen molar-refractivity contribution in [3.8, 4) is 6.07 Å². The molecule has 0 spiro atoms. The minimum atomic E-state index is -4.27. The molecule has 1 aromatic heterocycles. The summed E-state index contributed by atoms with van der Waals surface area (Å²) in [7, 11) is -4.27. The third-order valence-corrected chi connectivity index (χ3v) is 4.90. The van der Waals surface area contributed by atoms with Crippen LogP contribution in [-0.4, -0.2) is 18.9 Å². The van der Waals surface area contributed by atoms with Crippen LogP contribution in [0.4, 0.5) is 4.39 Å². The Morgan fingerprint density at radius 1 is 1.44 bits per heavy atom. The molecule has 2 aromatic rings. The minimum Gasteiger partial charge on any atom is -0.225 e. The second-order valence-corrected chi connectivity index (χ2v) is 6.12. The largest absolute Gasteiger partial charge is 0.292 e. The van der Waals surface area contributed by atoms with Crippen LogP contribution in [0.2, 0.25) is 0 Å². The smallest absolute Gasteiger partial charge is 0.225 e. The molecule has 0 fully saturated rings. The first-order chi connectivity index (χ1) is 7.55. The molecule has 4 nitrogen and oxygen atoms in total. The van der Waals surface area contributed by atoms with Crippen LogP contribution in [0.25, 0.3) is 10.2 Å². The van der Waals surface area contributed by atoms with Gasteiger partial charge in [-0.3, -0.25) is 0 Å². The molecule has 0 N–H and O–H groups in total. The van der Waals surface area contributed by atoms with Crippen LogP contribution in [0.1, 0.15) is 0 Å². The number of nitriles is 1. The van der Waals surface area contributed by atoms with Crippen molar-refractivity contribution in [1.82, 2.24) is 4.98 Å². The number of hydrogen-bond donors (Lipinski definition) is 0. The van der Waals surface area contributed by atoms with Crippen molar-refractivity contribution < 1.29 is 12.8 Å². The molecule has 16 heavy (non-hydrogen) atoms. The highest BCUT2D eigenvalue weighted by molar-refractivity contribution is 7.94. The lowest BCUT2D eigenvalue weighted by molar-refractivity contribution is 0.480. The molecule has 0 aliphatic carbocycles. The summed E-state index contributed by atoms with van der Waals surface area (Å²) >= 11 is 0.858. The predicted octanol–water partition coefficient (Wildman–Crippen LogP) is 1.89. The normalized spacial score (nSPS) is 13.5. The number of hydrogen-bond acceptors (Lipinski definition) is 5. The van der Waals surface area contributed by atoms with Crippen molar-refractivity contribution in [2.24, 2.45) is 0 Å². The zero-order valence-corrected chi connectivity index (χ0v) is 9.43. The Morgan fingerprint density at radius 3 is 2.75 bits per heavy atom. The monoisotopic (exact) mass is 256 g/mol. The molecular weight excluding hydrogens is 251 g/mol. The van der Waals surface area contributed by atoms with E-state index in [0.717, 1.165) is 17.4 Å². The highest BCUT2D eigenvalue weighted by Gasteiger charge is 2.30. The Bertz CT molecular complexity index is 639. The maximum atomic E-state index is 12.9. The first kappa shape index (κ1) is 11.0. The number of nitrogens with zero attached hydrogens (tertiary/aromatic N) is 2. The van der Waals surface area contributed by atoms with Gasteiger partial charge < -0.3 is 0 Å². The van der Waals surface area contributed by atoms with E-state index < -0.39 is 15.3 Å². The van der Waals surface area contributed by atoms with Crippen LogP contribution < -0.4 is 0 Å². The molecule has 0 radical (unpaired) electrons. The number of sulfone groups is 1. The number of benzene rings is 1. The molecule has 0 saturated carbocycles. The van der Waals surface area contributed by atoms with Gasteiger partial charge in [-0.2, -0.15) is 5.26 Å². The molecule has 0 aliphatic rings. The van der Waals surface area contributed by atoms with Crippen LogP contribution in [0, 0.1) is 11.3 Å². The van der Waals surface area contributed by atoms with Crippen molar-refractivity contribution in [3.63, 3.8) is 0 Å². The molecule has 1 aromatic carbocycles. The summed E-state index contributed by atoms with van der Waals surface area (Å²) in [6.45, 7) is 0. The van der Waals surface area contributed by atoms with E-state index in [0.29, 0.717) is 10.2 Å². The topological polar surface area (TPSA) is 70.8 Å². The number of thiazole rings is 1. The average Bonchev–Trinajstić information content (AvgIpc) is 2.72. The van der Waals surface area contributed by atoms with Gasteiger partial charge in [-0.25, -0.2) is 17.8 Å². The van der Waals surface area contributed by atoms with E-state index in [9.17, 15) is 12.8 Å². The van der Waals surface area contributed by atoms with E-state index in [2.05, 4.69) is 4.98 Å². The SMILES string of the molecule is N#CC(F)S(=O)(=O)c1nc2ccccc2s1. The van der Waals surface area contributed by atoms with Crippen molar-refractivity contribution in [2.45, 2.75) is 9.84 Å². The second kappa shape index (κ2) is 3.81. The third kappa shape index (κ3) is 1.66. The van der Waals surface area contributed by atoms with E-state index in [1.54, 1.807) is 24.3 Å². The standard InChI is InChI=1S/C9H5FN2O2S2/c10-8(5-11)16(13,14)9-12-6-3-1-2-4-7(6)15-9/h1-4,8H. The molecule has 1 unspecified atom stereocenters. The van der Waals surface area contributed by atoms with Crippen molar-refractivity contribution in [2.75, 3.05) is 0 Å². The quantitative estimate of drug-likeness (QED) is 0.822. The highest BCUT2D eigenvalue weighted by atomic mass is 32.2. The number of halogens is 1. The van der Waals surface area contributed by atoms with Gasteiger partial charge in [0, 0.05) is 0 Å². The van der Waals surface area contributed by atoms with E-state index in [4.69, 9.17) is 5.26 Å². The number of alkyl halides is 1. The molecule has 0 amide bonds. The van der Waals surface area contributed by atoms with E-state index >= 15 is 0 Å². The maximum Gasteiger partial charge on any atom is 0.292 e. The van der Waals surface area contributed by atoms with Crippen molar-refractivity contribution in [3.05, 3.63) is 24.3 Å². The van der Waals surface area contributed by atoms with Crippen LogP contribution in [0.5, 0.6) is 0 Å². The van der Waals surface area contributed by atoms with Crippen LogP contribution in [0.3, 0.4) is 0 Å². The zero-order valence-electron chi connectivity index (χ0n) is 7.79. The van der Waals surface area contributed by atoms with Gasteiger partial charge in [-0.15, -0.1) is 11.3 Å². The number of rotatable bonds is 2. The fraction of sp³-hybridized carbons (Fsp3) is 0.111. The summed E-state index contributed by atoms with van der Waals surface area (Å²) in [5, 5.41) is 8.28. The Balaban J connectivity index is 2.62. The molecule has 2 rings (SSSR count). The molecule has 0 bridgehead atoms. The van der Waals surface area contributed by atoms with Gasteiger partial charge in [0.05, 0.1) is 10.2 Å². The van der Waals surface area contributed by atoms with Gasteiger partial charge in [0.1, 0.15) is 6.07 Å². The number of para-hydroxylation sites is 1. The fourth-order valence-corrected chi connectivity index (χ4v) is 3.36. The predicted molar refractivity (Wildman–Crippen MR) is 57.3 cm³/mol. The summed E-state index contributed by atoms with van der Waals surface area (Å²) in [4.78, 5) is 3.79. The average molecular weight is 256 g/mol. The van der Waals surface area contributed by atoms with Gasteiger partial charge >= 0.3 is 0 Å². The Labute approximate surface area is 94.9 Å². The lowest BCUT2D eigenvalue weighted by atomic mass is 10.3. The maximum absolute atomic E-state index is 12.9. The van der Waals surface area contributed by atoms with Gasteiger partial charge in [-0.05, 0) is 12.1 Å². The van der Waals surface area contributed by atoms with Crippen LogP contribution in [0.15, 0.2) is 28.6 Å². The van der Waals surface area contributed by atoms with E-state index in [1.807, 2.05) is 0 Å². The lowest BCUT2D eigenvalue weighted by Crippen LogP contribution is -2.13. The molecule has 0 aliphatic heterocycles. The molecule has 1 atom stereocenters. The summed E-state index contributed by atoms with van der Waals surface area (Å²) in [5.41, 5.74) is -2.08. The summed E-state index contributed by atoms with van der Waals surface area (Å²) < 4.78 is 36.2. The summed E-state index contributed by atoms with van der Waals surface area (Å²) in [5.74, 6) is 0. The molecule has 82 valence electrons. The number of aromatic nitrogens is 1. The lowest BCUT2D eigenvalue weighted by Gasteiger charge is -1.96. The van der Waals surface area contributed by atoms with E-state index in [-0.39, 0.29) is 4.34 Å². The third-order valence-electron chi connectivity index (χ3n) is 1.89. The highest BCUT2D eigenvalue weighted by Crippen LogP contribution is 2.27. The Hall–Kier alpha value is -1.52. The second-order valence-electron chi connectivity index (χ2n) is 2.94. The Morgan fingerprint density at radius 2 is 2.12 bits per heavy atom. The van der Waals surface area contributed by atoms with Gasteiger partial charge in [0.15, 0.2) is 0 Å². The first-order valence-corrected chi connectivity index (χ1v) is 6.55. The molecule has 1 heterocycles. The first-order valence-electron chi connectivity index (χ1n) is 4.19. The fourth-order valence-electron chi connectivity index (χ4n) is 1.13. The van der Waals surface area contributed by atoms with Crippen LogP contribution in [-0.2, 0) is 9.84 Å². The van der Waals surface area contributed by atoms with Gasteiger partial charge in [0.2, 0.25) is 4.34 Å². The van der Waals surface area contributed by atoms with Crippen LogP contribution >= 0.6 is 11.3 Å². The van der Waals surface area contributed by atoms with E-state index in [1.165, 1.54) is 0 Å². The van der Waals surface area contributed by atoms with Gasteiger partial charge in [-0.1, -0.05) is 12.1 Å².